The van der Waals surface area contributed by atoms with Crippen LogP contribution < -0.4 is 0 Å². The minimum Gasteiger partial charge on any atom is -0.480 e. The molecule has 1 atom stereocenters. The zero-order valence-corrected chi connectivity index (χ0v) is 10.4. The molecule has 0 aromatic carbocycles. The molecule has 1 fully saturated rings. The minimum atomic E-state index is -1.43. The Morgan fingerprint density at radius 2 is 2.00 bits per heavy atom. The van der Waals surface area contributed by atoms with Crippen LogP contribution in [0.1, 0.15) is 33.1 Å². The summed E-state index contributed by atoms with van der Waals surface area (Å²) >= 11 is 0. The van der Waals surface area contributed by atoms with E-state index in [1.807, 2.05) is 0 Å². The third-order valence-corrected chi connectivity index (χ3v) is 3.24. The lowest BCUT2D eigenvalue weighted by atomic mass is 9.78. The Bertz CT molecular complexity index is 283. The van der Waals surface area contributed by atoms with E-state index in [0.29, 0.717) is 19.6 Å². The highest BCUT2D eigenvalue weighted by Crippen LogP contribution is 2.32. The number of carboxylic acids is 1. The summed E-state index contributed by atoms with van der Waals surface area (Å²) in [7, 11) is 0. The van der Waals surface area contributed by atoms with Gasteiger partial charge in [0.15, 0.2) is 5.41 Å². The number of hydrogen-bond acceptors (Lipinski definition) is 4. The fourth-order valence-corrected chi connectivity index (χ4v) is 2.08. The minimum absolute atomic E-state index is 0.204. The lowest BCUT2D eigenvalue weighted by Crippen LogP contribution is -2.40. The maximum Gasteiger partial charge on any atom is 0.323 e. The van der Waals surface area contributed by atoms with Crippen molar-refractivity contribution in [3.63, 3.8) is 0 Å². The zero-order valence-electron chi connectivity index (χ0n) is 10.4. The first-order valence-electron chi connectivity index (χ1n) is 5.99. The first-order valence-corrected chi connectivity index (χ1v) is 5.99. The molecular formula is C12H20O5. The predicted octanol–water partition coefficient (Wildman–Crippen LogP) is 1.46. The summed E-state index contributed by atoms with van der Waals surface area (Å²) < 4.78 is 10.1. The predicted molar refractivity (Wildman–Crippen MR) is 60.5 cm³/mol. The van der Waals surface area contributed by atoms with Crippen LogP contribution >= 0.6 is 0 Å². The highest BCUT2D eigenvalue weighted by Gasteiger charge is 2.44. The molecule has 0 amide bonds. The van der Waals surface area contributed by atoms with Crippen molar-refractivity contribution < 1.29 is 24.2 Å². The first kappa shape index (κ1) is 14.0. The van der Waals surface area contributed by atoms with Gasteiger partial charge in [0.2, 0.25) is 0 Å². The van der Waals surface area contributed by atoms with E-state index in [2.05, 4.69) is 0 Å². The van der Waals surface area contributed by atoms with E-state index in [9.17, 15) is 14.7 Å². The Balaban J connectivity index is 2.69. The van der Waals surface area contributed by atoms with Crippen molar-refractivity contribution in [1.29, 1.82) is 0 Å². The van der Waals surface area contributed by atoms with E-state index in [1.54, 1.807) is 6.92 Å². The van der Waals surface area contributed by atoms with Crippen LogP contribution in [0, 0.1) is 11.3 Å². The number of esters is 1. The summed E-state index contributed by atoms with van der Waals surface area (Å²) in [5.74, 6) is -1.53. The van der Waals surface area contributed by atoms with Crippen molar-refractivity contribution in [2.24, 2.45) is 11.3 Å². The summed E-state index contributed by atoms with van der Waals surface area (Å²) in [4.78, 5) is 23.0. The Labute approximate surface area is 101 Å². The second kappa shape index (κ2) is 6.00. The van der Waals surface area contributed by atoms with E-state index >= 15 is 0 Å². The van der Waals surface area contributed by atoms with Gasteiger partial charge in [0.05, 0.1) is 6.61 Å². The standard InChI is InChI=1S/C12H20O5/c1-3-17-11(15)12(2,10(13)14)8-9-4-6-16-7-5-9/h9H,3-8H2,1-2H3,(H,13,14). The Morgan fingerprint density at radius 3 is 2.47 bits per heavy atom. The van der Waals surface area contributed by atoms with Gasteiger partial charge >= 0.3 is 11.9 Å². The molecule has 1 aliphatic rings. The fourth-order valence-electron chi connectivity index (χ4n) is 2.08. The third-order valence-electron chi connectivity index (χ3n) is 3.24. The van der Waals surface area contributed by atoms with Gasteiger partial charge in [-0.05, 0) is 39.0 Å². The average Bonchev–Trinajstić information content (AvgIpc) is 2.30. The van der Waals surface area contributed by atoms with Crippen molar-refractivity contribution in [3.05, 3.63) is 0 Å². The second-order valence-electron chi connectivity index (χ2n) is 4.62. The zero-order chi connectivity index (χ0) is 12.9. The molecule has 17 heavy (non-hydrogen) atoms. The molecule has 5 heteroatoms. The molecule has 1 N–H and O–H groups in total. The molecule has 1 unspecified atom stereocenters. The highest BCUT2D eigenvalue weighted by molar-refractivity contribution is 5.98. The lowest BCUT2D eigenvalue weighted by Gasteiger charge is -2.29. The number of hydrogen-bond donors (Lipinski definition) is 1. The van der Waals surface area contributed by atoms with Crippen LogP contribution in [0.15, 0.2) is 0 Å². The molecule has 1 saturated heterocycles. The number of ether oxygens (including phenoxy) is 2. The normalized spacial score (nSPS) is 20.6. The van der Waals surface area contributed by atoms with Crippen molar-refractivity contribution in [2.75, 3.05) is 19.8 Å². The van der Waals surface area contributed by atoms with Crippen LogP contribution in [0.4, 0.5) is 0 Å². The number of aliphatic carboxylic acids is 1. The largest absolute Gasteiger partial charge is 0.480 e. The number of carbonyl (C=O) groups is 2. The van der Waals surface area contributed by atoms with E-state index in [4.69, 9.17) is 9.47 Å². The van der Waals surface area contributed by atoms with Gasteiger partial charge in [-0.1, -0.05) is 0 Å². The summed E-state index contributed by atoms with van der Waals surface area (Å²) in [5.41, 5.74) is -1.43. The van der Waals surface area contributed by atoms with Crippen LogP contribution in [0.3, 0.4) is 0 Å². The van der Waals surface area contributed by atoms with Gasteiger partial charge in [0, 0.05) is 13.2 Å². The van der Waals surface area contributed by atoms with Gasteiger partial charge in [0.25, 0.3) is 0 Å². The summed E-state index contributed by atoms with van der Waals surface area (Å²) in [6, 6.07) is 0. The van der Waals surface area contributed by atoms with Crippen molar-refractivity contribution in [2.45, 2.75) is 33.1 Å². The molecule has 98 valence electrons. The van der Waals surface area contributed by atoms with Crippen molar-refractivity contribution in [3.8, 4) is 0 Å². The third kappa shape index (κ3) is 3.43. The van der Waals surface area contributed by atoms with Crippen molar-refractivity contribution in [1.82, 2.24) is 0 Å². The number of rotatable bonds is 5. The van der Waals surface area contributed by atoms with Gasteiger partial charge in [-0.25, -0.2) is 0 Å². The molecular weight excluding hydrogens is 224 g/mol. The van der Waals surface area contributed by atoms with Crippen LogP contribution in [0.2, 0.25) is 0 Å². The van der Waals surface area contributed by atoms with E-state index in [1.165, 1.54) is 6.92 Å². The molecule has 0 aromatic rings. The number of carbonyl (C=O) groups excluding carboxylic acids is 1. The maximum atomic E-state index is 11.7. The Kier molecular flexibility index (Phi) is 4.93. The first-order chi connectivity index (χ1) is 8.00. The van der Waals surface area contributed by atoms with Gasteiger partial charge in [-0.3, -0.25) is 9.59 Å². The second-order valence-corrected chi connectivity index (χ2v) is 4.62. The SMILES string of the molecule is CCOC(=O)C(C)(CC1CCOCC1)C(=O)O. The molecule has 5 nitrogen and oxygen atoms in total. The molecule has 1 aliphatic heterocycles. The molecule has 0 bridgehead atoms. The molecule has 0 radical (unpaired) electrons. The summed E-state index contributed by atoms with van der Waals surface area (Å²) in [6.45, 7) is 4.61. The van der Waals surface area contributed by atoms with Gasteiger partial charge in [-0.15, -0.1) is 0 Å². The topological polar surface area (TPSA) is 72.8 Å². The quantitative estimate of drug-likeness (QED) is 0.585. The fraction of sp³-hybridized carbons (Fsp3) is 0.833. The van der Waals surface area contributed by atoms with Crippen LogP contribution in [-0.2, 0) is 19.1 Å². The molecule has 0 aromatic heterocycles. The average molecular weight is 244 g/mol. The van der Waals surface area contributed by atoms with Gasteiger partial charge in [-0.2, -0.15) is 0 Å². The maximum absolute atomic E-state index is 11.7. The molecule has 1 rings (SSSR count). The number of carboxylic acid groups (broad SMARTS) is 1. The van der Waals surface area contributed by atoms with Crippen molar-refractivity contribution >= 4 is 11.9 Å². The Hall–Kier alpha value is -1.10. The van der Waals surface area contributed by atoms with E-state index in [-0.39, 0.29) is 12.5 Å². The molecule has 0 saturated carbocycles. The van der Waals surface area contributed by atoms with E-state index < -0.39 is 17.4 Å². The van der Waals surface area contributed by atoms with E-state index in [0.717, 1.165) is 12.8 Å². The summed E-state index contributed by atoms with van der Waals surface area (Å²) in [5, 5.41) is 9.23. The monoisotopic (exact) mass is 244 g/mol. The smallest absolute Gasteiger partial charge is 0.323 e. The molecule has 0 aliphatic carbocycles. The van der Waals surface area contributed by atoms with Gasteiger partial charge in [0.1, 0.15) is 0 Å². The molecule has 1 heterocycles. The summed E-state index contributed by atoms with van der Waals surface area (Å²) in [6.07, 6.45) is 1.94. The highest BCUT2D eigenvalue weighted by atomic mass is 16.5. The molecule has 0 spiro atoms. The van der Waals surface area contributed by atoms with Crippen LogP contribution in [0.5, 0.6) is 0 Å². The van der Waals surface area contributed by atoms with Crippen LogP contribution in [-0.4, -0.2) is 36.9 Å². The van der Waals surface area contributed by atoms with Gasteiger partial charge < -0.3 is 14.6 Å². The Morgan fingerprint density at radius 1 is 1.41 bits per heavy atom. The lowest BCUT2D eigenvalue weighted by molar-refractivity contribution is -0.169. The van der Waals surface area contributed by atoms with Crippen LogP contribution in [0.25, 0.3) is 0 Å².